The van der Waals surface area contributed by atoms with Gasteiger partial charge in [0, 0.05) is 4.88 Å². The Kier molecular flexibility index (Phi) is 3.69. The Morgan fingerprint density at radius 3 is 2.82 bits per heavy atom. The number of hydrogen-bond donors (Lipinski definition) is 2. The van der Waals surface area contributed by atoms with Gasteiger partial charge in [0.15, 0.2) is 4.88 Å². The Morgan fingerprint density at radius 2 is 2.18 bits per heavy atom. The summed E-state index contributed by atoms with van der Waals surface area (Å²) in [5, 5.41) is 18.8. The van der Waals surface area contributed by atoms with Gasteiger partial charge in [-0.05, 0) is 32.3 Å². The Hall–Kier alpha value is -1.07. The lowest BCUT2D eigenvalue weighted by Gasteiger charge is -2.27. The van der Waals surface area contributed by atoms with Gasteiger partial charge in [-0.3, -0.25) is 0 Å². The molecular weight excluding hydrogens is 240 g/mol. The zero-order valence-electron chi connectivity index (χ0n) is 9.68. The molecule has 17 heavy (non-hydrogen) atoms. The molecule has 0 aliphatic heterocycles. The molecular formula is C12H16O4S. The van der Waals surface area contributed by atoms with E-state index in [0.29, 0.717) is 5.75 Å². The highest BCUT2D eigenvalue weighted by atomic mass is 32.1. The number of aliphatic hydroxyl groups excluding tert-OH is 1. The highest BCUT2D eigenvalue weighted by Gasteiger charge is 2.27. The maximum Gasteiger partial charge on any atom is 0.349 e. The number of thiophene rings is 1. The van der Waals surface area contributed by atoms with Crippen LogP contribution in [0, 0.1) is 6.92 Å². The predicted octanol–water partition coefficient (Wildman–Crippen LogP) is 2.44. The minimum Gasteiger partial charge on any atom is -0.486 e. The van der Waals surface area contributed by atoms with Gasteiger partial charge in [-0.15, -0.1) is 11.3 Å². The molecule has 0 bridgehead atoms. The molecule has 0 aromatic carbocycles. The highest BCUT2D eigenvalue weighted by Crippen LogP contribution is 2.32. The second-order valence-electron chi connectivity index (χ2n) is 4.36. The largest absolute Gasteiger partial charge is 0.486 e. The van der Waals surface area contributed by atoms with Crippen molar-refractivity contribution in [2.45, 2.75) is 44.8 Å². The van der Waals surface area contributed by atoms with Crippen molar-refractivity contribution in [3.63, 3.8) is 0 Å². The topological polar surface area (TPSA) is 66.8 Å². The molecule has 2 atom stereocenters. The first-order valence-electron chi connectivity index (χ1n) is 5.76. The summed E-state index contributed by atoms with van der Waals surface area (Å²) >= 11 is 1.21. The summed E-state index contributed by atoms with van der Waals surface area (Å²) in [4.78, 5) is 12.2. The van der Waals surface area contributed by atoms with Gasteiger partial charge in [-0.25, -0.2) is 4.79 Å². The molecule has 1 fully saturated rings. The number of carboxylic acid groups (broad SMARTS) is 1. The van der Waals surface area contributed by atoms with E-state index in [1.54, 1.807) is 6.07 Å². The Balaban J connectivity index is 2.14. The zero-order chi connectivity index (χ0) is 12.4. The molecule has 2 unspecified atom stereocenters. The summed E-state index contributed by atoms with van der Waals surface area (Å²) < 4.78 is 5.66. The van der Waals surface area contributed by atoms with Crippen LogP contribution in [0.3, 0.4) is 0 Å². The second kappa shape index (κ2) is 5.06. The molecule has 0 radical (unpaired) electrons. The second-order valence-corrected chi connectivity index (χ2v) is 5.62. The van der Waals surface area contributed by atoms with Gasteiger partial charge >= 0.3 is 5.97 Å². The maximum absolute atomic E-state index is 11.0. The van der Waals surface area contributed by atoms with Gasteiger partial charge in [0.1, 0.15) is 11.9 Å². The predicted molar refractivity (Wildman–Crippen MR) is 64.9 cm³/mol. The Morgan fingerprint density at radius 1 is 1.47 bits per heavy atom. The number of carboxylic acids is 1. The average Bonchev–Trinajstić information content (AvgIpc) is 2.63. The SMILES string of the molecule is Cc1cc(OC2CCCCC2O)c(C(=O)O)s1. The van der Waals surface area contributed by atoms with E-state index in [2.05, 4.69) is 0 Å². The summed E-state index contributed by atoms with van der Waals surface area (Å²) in [5.41, 5.74) is 0. The number of carbonyl (C=O) groups is 1. The molecule has 0 amide bonds. The molecule has 0 spiro atoms. The number of aromatic carboxylic acids is 1. The average molecular weight is 256 g/mol. The van der Waals surface area contributed by atoms with E-state index in [9.17, 15) is 9.90 Å². The first-order valence-corrected chi connectivity index (χ1v) is 6.58. The lowest BCUT2D eigenvalue weighted by atomic mass is 9.95. The van der Waals surface area contributed by atoms with Crippen LogP contribution in [0.15, 0.2) is 6.07 Å². The molecule has 2 N–H and O–H groups in total. The number of ether oxygens (including phenoxy) is 1. The summed E-state index contributed by atoms with van der Waals surface area (Å²) in [7, 11) is 0. The molecule has 1 aliphatic rings. The Bertz CT molecular complexity index is 413. The number of rotatable bonds is 3. The number of aliphatic hydroxyl groups is 1. The third-order valence-electron chi connectivity index (χ3n) is 2.96. The smallest absolute Gasteiger partial charge is 0.349 e. The van der Waals surface area contributed by atoms with Gasteiger partial charge in [0.25, 0.3) is 0 Å². The van der Waals surface area contributed by atoms with Gasteiger partial charge in [0.05, 0.1) is 6.10 Å². The first kappa shape index (κ1) is 12.4. The van der Waals surface area contributed by atoms with E-state index < -0.39 is 12.1 Å². The van der Waals surface area contributed by atoms with Crippen molar-refractivity contribution in [3.05, 3.63) is 15.8 Å². The normalized spacial score (nSPS) is 24.6. The minimum atomic E-state index is -0.969. The van der Waals surface area contributed by atoms with Crippen LogP contribution in [0.25, 0.3) is 0 Å². The fraction of sp³-hybridized carbons (Fsp3) is 0.583. The molecule has 4 nitrogen and oxygen atoms in total. The molecule has 1 aromatic heterocycles. The van der Waals surface area contributed by atoms with Crippen molar-refractivity contribution in [1.82, 2.24) is 0 Å². The van der Waals surface area contributed by atoms with Crippen molar-refractivity contribution in [1.29, 1.82) is 0 Å². The Labute approximate surface area is 104 Å². The summed E-state index contributed by atoms with van der Waals surface area (Å²) in [6, 6.07) is 1.73. The van der Waals surface area contributed by atoms with E-state index in [1.807, 2.05) is 6.92 Å². The standard InChI is InChI=1S/C12H16O4S/c1-7-6-10(11(17-7)12(14)15)16-9-5-3-2-4-8(9)13/h6,8-9,13H,2-5H2,1H3,(H,14,15). The zero-order valence-corrected chi connectivity index (χ0v) is 10.5. The van der Waals surface area contributed by atoms with E-state index >= 15 is 0 Å². The fourth-order valence-electron chi connectivity index (χ4n) is 2.11. The van der Waals surface area contributed by atoms with Crippen molar-refractivity contribution in [2.24, 2.45) is 0 Å². The van der Waals surface area contributed by atoms with Crippen LogP contribution in [0.1, 0.15) is 40.2 Å². The fourth-order valence-corrected chi connectivity index (χ4v) is 2.89. The van der Waals surface area contributed by atoms with Gasteiger partial charge < -0.3 is 14.9 Å². The monoisotopic (exact) mass is 256 g/mol. The lowest BCUT2D eigenvalue weighted by molar-refractivity contribution is 0.00636. The molecule has 2 rings (SSSR count). The minimum absolute atomic E-state index is 0.222. The van der Waals surface area contributed by atoms with Crippen LogP contribution < -0.4 is 4.74 Å². The molecule has 94 valence electrons. The summed E-state index contributed by atoms with van der Waals surface area (Å²) in [5.74, 6) is -0.575. The third kappa shape index (κ3) is 2.79. The van der Waals surface area contributed by atoms with Gasteiger partial charge in [0.2, 0.25) is 0 Å². The van der Waals surface area contributed by atoms with Crippen LogP contribution in [0.5, 0.6) is 5.75 Å². The quantitative estimate of drug-likeness (QED) is 0.871. The van der Waals surface area contributed by atoms with Crippen LogP contribution in [0.4, 0.5) is 0 Å². The number of aryl methyl sites for hydroxylation is 1. The van der Waals surface area contributed by atoms with E-state index in [0.717, 1.165) is 30.6 Å². The molecule has 5 heteroatoms. The van der Waals surface area contributed by atoms with E-state index in [4.69, 9.17) is 9.84 Å². The molecule has 0 saturated heterocycles. The van der Waals surface area contributed by atoms with Crippen LogP contribution in [-0.4, -0.2) is 28.4 Å². The summed E-state index contributed by atoms with van der Waals surface area (Å²) in [6.07, 6.45) is 2.80. The van der Waals surface area contributed by atoms with Crippen molar-refractivity contribution in [3.8, 4) is 5.75 Å². The molecule has 1 aromatic rings. The van der Waals surface area contributed by atoms with Crippen LogP contribution in [-0.2, 0) is 0 Å². The maximum atomic E-state index is 11.0. The van der Waals surface area contributed by atoms with Crippen molar-refractivity contribution in [2.75, 3.05) is 0 Å². The van der Waals surface area contributed by atoms with Gasteiger partial charge in [-0.1, -0.05) is 6.42 Å². The molecule has 1 saturated carbocycles. The van der Waals surface area contributed by atoms with E-state index in [-0.39, 0.29) is 11.0 Å². The number of hydrogen-bond acceptors (Lipinski definition) is 4. The van der Waals surface area contributed by atoms with Crippen molar-refractivity contribution >= 4 is 17.3 Å². The lowest BCUT2D eigenvalue weighted by Crippen LogP contribution is -2.34. The van der Waals surface area contributed by atoms with Crippen LogP contribution >= 0.6 is 11.3 Å². The van der Waals surface area contributed by atoms with Crippen LogP contribution in [0.2, 0.25) is 0 Å². The summed E-state index contributed by atoms with van der Waals surface area (Å²) in [6.45, 7) is 1.85. The molecule has 1 aliphatic carbocycles. The third-order valence-corrected chi connectivity index (χ3v) is 3.98. The van der Waals surface area contributed by atoms with Crippen molar-refractivity contribution < 1.29 is 19.7 Å². The molecule has 1 heterocycles. The first-order chi connectivity index (χ1) is 8.08. The van der Waals surface area contributed by atoms with Gasteiger partial charge in [-0.2, -0.15) is 0 Å². The van der Waals surface area contributed by atoms with E-state index in [1.165, 1.54) is 11.3 Å². The highest BCUT2D eigenvalue weighted by molar-refractivity contribution is 7.14.